The fourth-order valence-corrected chi connectivity index (χ4v) is 3.11. The molecule has 0 saturated carbocycles. The molecule has 0 aliphatic carbocycles. The van der Waals surface area contributed by atoms with Crippen LogP contribution in [0.4, 0.5) is 5.82 Å². The molecule has 0 fully saturated rings. The lowest BCUT2D eigenvalue weighted by molar-refractivity contribution is -0.113. The fraction of sp³-hybridized carbons (Fsp3) is 0.353. The first-order valence-electron chi connectivity index (χ1n) is 8.28. The zero-order valence-corrected chi connectivity index (χ0v) is 16.0. The molecule has 136 valence electrons. The molecule has 9 heteroatoms. The Kier molecular flexibility index (Phi) is 5.36. The molecule has 0 atom stereocenters. The van der Waals surface area contributed by atoms with Crippen molar-refractivity contribution in [2.75, 3.05) is 11.1 Å². The smallest absolute Gasteiger partial charge is 0.235 e. The number of hydrogen-bond donors (Lipinski definition) is 1. The Hall–Kier alpha value is -2.68. The molecule has 1 amide bonds. The normalized spacial score (nSPS) is 11.1. The van der Waals surface area contributed by atoms with Crippen molar-refractivity contribution in [3.63, 3.8) is 0 Å². The minimum absolute atomic E-state index is 0.132. The number of aromatic nitrogens is 6. The molecule has 2 heterocycles. The molecule has 0 unspecified atom stereocenters. The molecule has 1 aromatic carbocycles. The predicted molar refractivity (Wildman–Crippen MR) is 101 cm³/mol. The van der Waals surface area contributed by atoms with Gasteiger partial charge in [-0.15, -0.1) is 5.10 Å². The van der Waals surface area contributed by atoms with E-state index < -0.39 is 0 Å². The predicted octanol–water partition coefficient (Wildman–Crippen LogP) is 2.79. The standard InChI is InChI=1S/C17H21N7OS/c1-11(2)23-15(7-8-18-23)19-16(25)10-26-17-20-21-22-24(17)14-6-5-12(3)13(4)9-14/h5-9,11H,10H2,1-4H3,(H,19,25). The summed E-state index contributed by atoms with van der Waals surface area (Å²) >= 11 is 1.29. The highest BCUT2D eigenvalue weighted by Crippen LogP contribution is 2.21. The van der Waals surface area contributed by atoms with Crippen LogP contribution in [0.2, 0.25) is 0 Å². The highest BCUT2D eigenvalue weighted by Gasteiger charge is 2.14. The molecular weight excluding hydrogens is 350 g/mol. The number of nitrogens with zero attached hydrogens (tertiary/aromatic N) is 6. The monoisotopic (exact) mass is 371 g/mol. The van der Waals surface area contributed by atoms with Crippen LogP contribution in [-0.4, -0.2) is 41.6 Å². The number of carbonyl (C=O) groups excluding carboxylic acids is 1. The maximum atomic E-state index is 12.3. The highest BCUT2D eigenvalue weighted by molar-refractivity contribution is 7.99. The van der Waals surface area contributed by atoms with Crippen LogP contribution in [-0.2, 0) is 4.79 Å². The van der Waals surface area contributed by atoms with E-state index in [9.17, 15) is 4.79 Å². The van der Waals surface area contributed by atoms with Crippen LogP contribution in [0.25, 0.3) is 5.69 Å². The van der Waals surface area contributed by atoms with Gasteiger partial charge in [-0.3, -0.25) is 4.79 Å². The van der Waals surface area contributed by atoms with Crippen molar-refractivity contribution >= 4 is 23.5 Å². The van der Waals surface area contributed by atoms with Gasteiger partial charge in [0.25, 0.3) is 0 Å². The number of hydrogen-bond acceptors (Lipinski definition) is 6. The number of rotatable bonds is 6. The molecule has 26 heavy (non-hydrogen) atoms. The Labute approximate surface area is 156 Å². The second-order valence-electron chi connectivity index (χ2n) is 6.23. The van der Waals surface area contributed by atoms with Gasteiger partial charge in [0.1, 0.15) is 5.82 Å². The van der Waals surface area contributed by atoms with Gasteiger partial charge in [0.05, 0.1) is 17.6 Å². The van der Waals surface area contributed by atoms with Crippen LogP contribution < -0.4 is 5.32 Å². The largest absolute Gasteiger partial charge is 0.310 e. The lowest BCUT2D eigenvalue weighted by Gasteiger charge is -2.11. The van der Waals surface area contributed by atoms with Gasteiger partial charge in [-0.1, -0.05) is 17.8 Å². The van der Waals surface area contributed by atoms with Gasteiger partial charge >= 0.3 is 0 Å². The minimum Gasteiger partial charge on any atom is -0.310 e. The molecule has 0 spiro atoms. The first kappa shape index (κ1) is 18.1. The van der Waals surface area contributed by atoms with E-state index in [1.165, 1.54) is 17.3 Å². The average Bonchev–Trinajstić information content (AvgIpc) is 3.24. The van der Waals surface area contributed by atoms with E-state index in [2.05, 4.69) is 32.9 Å². The number of nitrogens with one attached hydrogen (secondary N) is 1. The quantitative estimate of drug-likeness (QED) is 0.670. The van der Waals surface area contributed by atoms with E-state index in [1.807, 2.05) is 39.0 Å². The van der Waals surface area contributed by atoms with Gasteiger partial charge in [0.2, 0.25) is 11.1 Å². The Bertz CT molecular complexity index is 915. The SMILES string of the molecule is Cc1ccc(-n2nnnc2SCC(=O)Nc2ccnn2C(C)C)cc1C. The van der Waals surface area contributed by atoms with E-state index >= 15 is 0 Å². The number of amides is 1. The molecule has 3 rings (SSSR count). The minimum atomic E-state index is -0.132. The zero-order chi connectivity index (χ0) is 18.7. The molecule has 8 nitrogen and oxygen atoms in total. The van der Waals surface area contributed by atoms with Gasteiger partial charge in [-0.05, 0) is 61.4 Å². The van der Waals surface area contributed by atoms with Gasteiger partial charge in [-0.25, -0.2) is 4.68 Å². The van der Waals surface area contributed by atoms with Gasteiger partial charge in [0, 0.05) is 12.1 Å². The third-order valence-corrected chi connectivity index (χ3v) is 4.85. The van der Waals surface area contributed by atoms with Crippen molar-refractivity contribution in [1.29, 1.82) is 0 Å². The summed E-state index contributed by atoms with van der Waals surface area (Å²) in [7, 11) is 0. The Morgan fingerprint density at radius 1 is 1.23 bits per heavy atom. The van der Waals surface area contributed by atoms with E-state index in [0.717, 1.165) is 11.3 Å². The summed E-state index contributed by atoms with van der Waals surface area (Å²) in [4.78, 5) is 12.3. The van der Waals surface area contributed by atoms with Crippen LogP contribution >= 0.6 is 11.8 Å². The average molecular weight is 371 g/mol. The van der Waals surface area contributed by atoms with Crippen LogP contribution in [0.15, 0.2) is 35.6 Å². The van der Waals surface area contributed by atoms with Crippen molar-refractivity contribution in [3.8, 4) is 5.69 Å². The molecular formula is C17H21N7OS. The van der Waals surface area contributed by atoms with Gasteiger partial charge in [0.15, 0.2) is 0 Å². The van der Waals surface area contributed by atoms with Gasteiger partial charge in [-0.2, -0.15) is 9.78 Å². The maximum absolute atomic E-state index is 12.3. The van der Waals surface area contributed by atoms with E-state index in [-0.39, 0.29) is 17.7 Å². The Balaban J connectivity index is 1.67. The molecule has 2 aromatic heterocycles. The molecule has 0 bridgehead atoms. The van der Waals surface area contributed by atoms with Crippen molar-refractivity contribution in [2.45, 2.75) is 38.9 Å². The number of benzene rings is 1. The summed E-state index contributed by atoms with van der Waals surface area (Å²) in [6.45, 7) is 8.12. The van der Waals surface area contributed by atoms with Crippen LogP contribution in [0.1, 0.15) is 31.0 Å². The molecule has 1 N–H and O–H groups in total. The van der Waals surface area contributed by atoms with E-state index in [1.54, 1.807) is 21.6 Å². The number of aryl methyl sites for hydroxylation is 2. The third kappa shape index (κ3) is 3.93. The fourth-order valence-electron chi connectivity index (χ4n) is 2.42. The second-order valence-corrected chi connectivity index (χ2v) is 7.18. The lowest BCUT2D eigenvalue weighted by atomic mass is 10.1. The van der Waals surface area contributed by atoms with Gasteiger partial charge < -0.3 is 5.32 Å². The molecule has 0 saturated heterocycles. The second kappa shape index (κ2) is 7.69. The summed E-state index contributed by atoms with van der Waals surface area (Å²) < 4.78 is 3.41. The number of tetrazole rings is 1. The zero-order valence-electron chi connectivity index (χ0n) is 15.2. The third-order valence-electron chi connectivity index (χ3n) is 3.94. The van der Waals surface area contributed by atoms with Crippen molar-refractivity contribution in [3.05, 3.63) is 41.6 Å². The number of anilines is 1. The summed E-state index contributed by atoms with van der Waals surface area (Å²) in [6, 6.07) is 7.97. The Morgan fingerprint density at radius 3 is 2.77 bits per heavy atom. The van der Waals surface area contributed by atoms with Crippen molar-refractivity contribution in [1.82, 2.24) is 30.0 Å². The first-order valence-corrected chi connectivity index (χ1v) is 9.26. The van der Waals surface area contributed by atoms with Crippen molar-refractivity contribution < 1.29 is 4.79 Å². The molecule has 3 aromatic rings. The van der Waals surface area contributed by atoms with E-state index in [0.29, 0.717) is 11.0 Å². The molecule has 0 radical (unpaired) electrons. The molecule has 0 aliphatic heterocycles. The first-order chi connectivity index (χ1) is 12.5. The summed E-state index contributed by atoms with van der Waals surface area (Å²) in [5.74, 6) is 0.750. The maximum Gasteiger partial charge on any atom is 0.235 e. The summed E-state index contributed by atoms with van der Waals surface area (Å²) in [5.41, 5.74) is 3.24. The molecule has 0 aliphatic rings. The van der Waals surface area contributed by atoms with Crippen LogP contribution in [0, 0.1) is 13.8 Å². The summed E-state index contributed by atoms with van der Waals surface area (Å²) in [6.07, 6.45) is 1.67. The van der Waals surface area contributed by atoms with Crippen LogP contribution in [0.5, 0.6) is 0 Å². The topological polar surface area (TPSA) is 90.5 Å². The number of carbonyl (C=O) groups is 1. The number of thioether (sulfide) groups is 1. The van der Waals surface area contributed by atoms with Crippen molar-refractivity contribution in [2.24, 2.45) is 0 Å². The van der Waals surface area contributed by atoms with Crippen LogP contribution in [0.3, 0.4) is 0 Å². The lowest BCUT2D eigenvalue weighted by Crippen LogP contribution is -2.18. The van der Waals surface area contributed by atoms with E-state index in [4.69, 9.17) is 0 Å². The highest BCUT2D eigenvalue weighted by atomic mass is 32.2. The summed E-state index contributed by atoms with van der Waals surface area (Å²) in [5, 5.41) is 19.5. The Morgan fingerprint density at radius 2 is 2.04 bits per heavy atom.